The Hall–Kier alpha value is -1.07. The van der Waals surface area contributed by atoms with Crippen molar-refractivity contribution in [1.29, 1.82) is 0 Å². The van der Waals surface area contributed by atoms with Crippen molar-refractivity contribution in [2.24, 2.45) is 5.41 Å². The molecule has 33 heavy (non-hydrogen) atoms. The molecule has 1 amide bonds. The number of phosphoric acid groups is 1. The van der Waals surface area contributed by atoms with Gasteiger partial charge in [-0.25, -0.2) is 4.57 Å². The lowest BCUT2D eigenvalue weighted by atomic mass is 9.87. The molecule has 2 aliphatic heterocycles. The van der Waals surface area contributed by atoms with Crippen LogP contribution < -0.4 is 5.32 Å². The summed E-state index contributed by atoms with van der Waals surface area (Å²) in [5.74, 6) is 0.276. The molecule has 1 aromatic carbocycles. The van der Waals surface area contributed by atoms with E-state index in [1.165, 1.54) is 7.11 Å². The summed E-state index contributed by atoms with van der Waals surface area (Å²) < 4.78 is 41.0. The van der Waals surface area contributed by atoms with E-state index in [0.29, 0.717) is 18.1 Å². The Labute approximate surface area is 202 Å². The smallest absolute Gasteiger partial charge is 0.469 e. The molecule has 9 nitrogen and oxygen atoms in total. The topological polar surface area (TPSA) is 109 Å². The van der Waals surface area contributed by atoms with Crippen molar-refractivity contribution >= 4 is 41.3 Å². The summed E-state index contributed by atoms with van der Waals surface area (Å²) in [4.78, 5) is 24.0. The summed E-state index contributed by atoms with van der Waals surface area (Å²) in [7, 11) is 0.517. The third-order valence-corrected chi connectivity index (χ3v) is 9.02. The average molecular weight is 520 g/mol. The lowest BCUT2D eigenvalue weighted by Crippen LogP contribution is -2.50. The molecule has 2 aliphatic rings. The van der Waals surface area contributed by atoms with Crippen molar-refractivity contribution in [3.63, 3.8) is 0 Å². The highest BCUT2D eigenvalue weighted by Gasteiger charge is 2.50. The van der Waals surface area contributed by atoms with Gasteiger partial charge >= 0.3 is 13.8 Å². The summed E-state index contributed by atoms with van der Waals surface area (Å²) in [6, 6.07) is 9.77. The Morgan fingerprint density at radius 1 is 1.18 bits per heavy atom. The zero-order valence-electron chi connectivity index (χ0n) is 18.9. The highest BCUT2D eigenvalue weighted by molar-refractivity contribution is 8.76. The maximum absolute atomic E-state index is 13.4. The van der Waals surface area contributed by atoms with Gasteiger partial charge in [0.05, 0.1) is 32.8 Å². The van der Waals surface area contributed by atoms with E-state index in [1.807, 2.05) is 30.3 Å². The molecule has 3 rings (SSSR count). The number of methoxy groups -OCH3 is 1. The lowest BCUT2D eigenvalue weighted by molar-refractivity contribution is -0.144. The zero-order chi connectivity index (χ0) is 23.9. The highest BCUT2D eigenvalue weighted by atomic mass is 33.1. The van der Waals surface area contributed by atoms with E-state index in [1.54, 1.807) is 35.4 Å². The van der Waals surface area contributed by atoms with Crippen molar-refractivity contribution in [2.45, 2.75) is 45.2 Å². The number of rotatable bonds is 9. The largest absolute Gasteiger partial charge is 0.475 e. The molecule has 2 heterocycles. The fourth-order valence-electron chi connectivity index (χ4n) is 3.21. The first-order chi connectivity index (χ1) is 15.7. The molecule has 12 heteroatoms. The minimum Gasteiger partial charge on any atom is -0.469 e. The van der Waals surface area contributed by atoms with Crippen molar-refractivity contribution in [3.05, 3.63) is 35.9 Å². The van der Waals surface area contributed by atoms with E-state index in [2.05, 4.69) is 10.1 Å². The molecule has 0 saturated carbocycles. The van der Waals surface area contributed by atoms with Crippen LogP contribution in [0.5, 0.6) is 0 Å². The Balaban J connectivity index is 1.61. The molecule has 0 bridgehead atoms. The van der Waals surface area contributed by atoms with Crippen molar-refractivity contribution in [3.8, 4) is 0 Å². The number of esters is 1. The zero-order valence-corrected chi connectivity index (χ0v) is 21.4. The minimum atomic E-state index is -4.02. The van der Waals surface area contributed by atoms with Crippen LogP contribution in [0, 0.1) is 5.41 Å². The summed E-state index contributed by atoms with van der Waals surface area (Å²) in [5, 5.41) is 2.63. The fourth-order valence-corrected chi connectivity index (χ4v) is 7.59. The van der Waals surface area contributed by atoms with Gasteiger partial charge in [-0.15, -0.1) is 0 Å². The molecule has 0 aromatic heterocycles. The standard InChI is InChI=1S/C21H30NO8PS2/c1-21(2)14-28-31(25,30-19(21)20(24)22-10-9-18(23)26-3)29-17-13-33-32-12-16(17)27-11-15-7-5-4-6-8-15/h4-8,16-17,19H,9-14H2,1-3H3,(H,22,24)/t16-,17-,19-,31?/m0/s1. The van der Waals surface area contributed by atoms with E-state index in [0.717, 1.165) is 5.56 Å². The molecule has 2 saturated heterocycles. The first kappa shape index (κ1) is 26.5. The molecular formula is C21H30NO8PS2. The van der Waals surface area contributed by atoms with Gasteiger partial charge in [0.15, 0.2) is 6.10 Å². The van der Waals surface area contributed by atoms with Gasteiger partial charge in [0.25, 0.3) is 0 Å². The molecular weight excluding hydrogens is 489 g/mol. The Kier molecular flexibility index (Phi) is 9.70. The third kappa shape index (κ3) is 7.71. The van der Waals surface area contributed by atoms with Gasteiger partial charge in [-0.2, -0.15) is 0 Å². The van der Waals surface area contributed by atoms with E-state index >= 15 is 0 Å². The molecule has 1 aromatic rings. The van der Waals surface area contributed by atoms with Crippen LogP contribution in [-0.2, 0) is 43.8 Å². The maximum Gasteiger partial charge on any atom is 0.475 e. The fraction of sp³-hybridized carbons (Fsp3) is 0.619. The van der Waals surface area contributed by atoms with Crippen LogP contribution in [0.25, 0.3) is 0 Å². The molecule has 1 N–H and O–H groups in total. The van der Waals surface area contributed by atoms with E-state index in [-0.39, 0.29) is 25.7 Å². The Morgan fingerprint density at radius 3 is 2.58 bits per heavy atom. The van der Waals surface area contributed by atoms with Gasteiger partial charge < -0.3 is 14.8 Å². The number of carbonyl (C=O) groups excluding carboxylic acids is 2. The number of ether oxygens (including phenoxy) is 2. The van der Waals surface area contributed by atoms with Gasteiger partial charge in [0, 0.05) is 23.5 Å². The van der Waals surface area contributed by atoms with E-state index in [9.17, 15) is 14.2 Å². The number of phosphoric ester groups is 1. The van der Waals surface area contributed by atoms with Gasteiger partial charge in [-0.3, -0.25) is 23.2 Å². The number of hydrogen-bond acceptors (Lipinski definition) is 10. The minimum absolute atomic E-state index is 0.0174. The van der Waals surface area contributed by atoms with Crippen LogP contribution in [0.1, 0.15) is 25.8 Å². The van der Waals surface area contributed by atoms with Crippen LogP contribution in [0.2, 0.25) is 0 Å². The third-order valence-electron chi connectivity index (χ3n) is 5.17. The first-order valence-electron chi connectivity index (χ1n) is 10.6. The van der Waals surface area contributed by atoms with Crippen LogP contribution in [0.4, 0.5) is 0 Å². The second-order valence-corrected chi connectivity index (χ2v) is 12.5. The Morgan fingerprint density at radius 2 is 1.88 bits per heavy atom. The summed E-state index contributed by atoms with van der Waals surface area (Å²) in [6.45, 7) is 4.06. The van der Waals surface area contributed by atoms with E-state index in [4.69, 9.17) is 18.3 Å². The van der Waals surface area contributed by atoms with Crippen molar-refractivity contribution in [1.82, 2.24) is 5.32 Å². The van der Waals surface area contributed by atoms with Crippen LogP contribution in [0.15, 0.2) is 30.3 Å². The van der Waals surface area contributed by atoms with Crippen molar-refractivity contribution in [2.75, 3.05) is 31.8 Å². The first-order valence-corrected chi connectivity index (χ1v) is 14.5. The second-order valence-electron chi connectivity index (χ2n) is 8.36. The molecule has 0 radical (unpaired) electrons. The molecule has 4 atom stereocenters. The predicted octanol–water partition coefficient (Wildman–Crippen LogP) is 3.58. The van der Waals surface area contributed by atoms with Crippen LogP contribution in [0.3, 0.4) is 0 Å². The van der Waals surface area contributed by atoms with Gasteiger partial charge in [0.1, 0.15) is 6.10 Å². The number of amides is 1. The summed E-state index contributed by atoms with van der Waals surface area (Å²) >= 11 is 0. The molecule has 2 fully saturated rings. The lowest BCUT2D eigenvalue weighted by Gasteiger charge is -2.41. The summed E-state index contributed by atoms with van der Waals surface area (Å²) in [5.41, 5.74) is 0.286. The van der Waals surface area contributed by atoms with Crippen LogP contribution in [-0.4, -0.2) is 62.0 Å². The monoisotopic (exact) mass is 519 g/mol. The average Bonchev–Trinajstić information content (AvgIpc) is 2.81. The number of benzene rings is 1. The van der Waals surface area contributed by atoms with Gasteiger partial charge in [-0.05, 0) is 5.56 Å². The quantitative estimate of drug-likeness (QED) is 0.295. The summed E-state index contributed by atoms with van der Waals surface area (Å²) in [6.07, 6.45) is -1.87. The number of nitrogens with one attached hydrogen (secondary N) is 1. The molecule has 0 spiro atoms. The molecule has 0 aliphatic carbocycles. The SMILES string of the molecule is COC(=O)CCNC(=O)[C@@H]1OP(=O)(O[C@H]2CSSC[C@@H]2OCc2ccccc2)OCC1(C)C. The number of hydrogen-bond donors (Lipinski definition) is 1. The van der Waals surface area contributed by atoms with Crippen LogP contribution >= 0.6 is 29.4 Å². The van der Waals surface area contributed by atoms with Crippen molar-refractivity contribution < 1.29 is 37.2 Å². The molecule has 1 unspecified atom stereocenters. The highest BCUT2D eigenvalue weighted by Crippen LogP contribution is 2.59. The Bertz CT molecular complexity index is 856. The normalized spacial score (nSPS) is 29.2. The van der Waals surface area contributed by atoms with E-state index < -0.39 is 37.3 Å². The number of carbonyl (C=O) groups is 2. The van der Waals surface area contributed by atoms with Gasteiger partial charge in [-0.1, -0.05) is 65.8 Å². The predicted molar refractivity (Wildman–Crippen MR) is 127 cm³/mol. The molecule has 184 valence electrons. The van der Waals surface area contributed by atoms with Gasteiger partial charge in [0.2, 0.25) is 5.91 Å². The second kappa shape index (κ2) is 12.1. The maximum atomic E-state index is 13.4.